The second kappa shape index (κ2) is 14.9. The lowest BCUT2D eigenvalue weighted by molar-refractivity contribution is 0.881. The van der Waals surface area contributed by atoms with Crippen LogP contribution in [0.15, 0.2) is 229 Å². The molecular formula is C54H39NS. The minimum Gasteiger partial charge on any atom is -0.311 e. The van der Waals surface area contributed by atoms with Gasteiger partial charge in [0.1, 0.15) is 0 Å². The predicted molar refractivity (Wildman–Crippen MR) is 239 cm³/mol. The number of fused-ring (bicyclic) bond motifs is 3. The maximum absolute atomic E-state index is 2.45. The average Bonchev–Trinajstić information content (AvgIpc) is 3.65. The van der Waals surface area contributed by atoms with Crippen LogP contribution in [0, 0.1) is 0 Å². The zero-order valence-electron chi connectivity index (χ0n) is 30.9. The Labute approximate surface area is 334 Å². The van der Waals surface area contributed by atoms with Crippen molar-refractivity contribution in [3.63, 3.8) is 0 Å². The zero-order valence-corrected chi connectivity index (χ0v) is 31.7. The van der Waals surface area contributed by atoms with Gasteiger partial charge in [0, 0.05) is 33.1 Å². The lowest BCUT2D eigenvalue weighted by Gasteiger charge is -2.26. The van der Waals surface area contributed by atoms with Gasteiger partial charge in [-0.25, -0.2) is 0 Å². The number of nitrogens with zero attached hydrogens (tertiary/aromatic N) is 1. The smallest absolute Gasteiger partial charge is 0.0462 e. The monoisotopic (exact) mass is 733 g/mol. The fraction of sp³-hybridized carbons (Fsp3) is 0.0370. The number of benzene rings is 8. The molecule has 0 N–H and O–H groups in total. The highest BCUT2D eigenvalue weighted by Crippen LogP contribution is 2.51. The molecule has 0 amide bonds. The van der Waals surface area contributed by atoms with Crippen LogP contribution < -0.4 is 4.90 Å². The molecule has 0 saturated heterocycles. The molecule has 10 rings (SSSR count). The normalized spacial score (nSPS) is 15.3. The quantitative estimate of drug-likeness (QED) is 0.153. The molecule has 8 aromatic rings. The van der Waals surface area contributed by atoms with Crippen LogP contribution in [-0.2, 0) is 0 Å². The van der Waals surface area contributed by atoms with E-state index in [-0.39, 0.29) is 0 Å². The molecule has 0 fully saturated rings. The number of allylic oxidation sites excluding steroid dienone is 3. The first-order chi connectivity index (χ1) is 27.7. The molecule has 1 nitrogen and oxygen atoms in total. The number of para-hydroxylation sites is 1. The lowest BCUT2D eigenvalue weighted by atomic mass is 9.86. The molecule has 1 heterocycles. The molecule has 2 heteroatoms. The average molecular weight is 734 g/mol. The predicted octanol–water partition coefficient (Wildman–Crippen LogP) is 15.2. The molecule has 266 valence electrons. The van der Waals surface area contributed by atoms with E-state index in [1.807, 2.05) is 11.8 Å². The van der Waals surface area contributed by atoms with E-state index < -0.39 is 0 Å². The number of hydrogen-bond acceptors (Lipinski definition) is 2. The molecule has 2 unspecified atom stereocenters. The van der Waals surface area contributed by atoms with E-state index >= 15 is 0 Å². The summed E-state index contributed by atoms with van der Waals surface area (Å²) in [5.41, 5.74) is 17.1. The third kappa shape index (κ3) is 6.59. The van der Waals surface area contributed by atoms with Gasteiger partial charge in [-0.2, -0.15) is 0 Å². The van der Waals surface area contributed by atoms with Crippen molar-refractivity contribution < 1.29 is 0 Å². The van der Waals surface area contributed by atoms with E-state index in [9.17, 15) is 0 Å². The van der Waals surface area contributed by atoms with Gasteiger partial charge in [-0.15, -0.1) is 11.8 Å². The molecule has 1 aliphatic carbocycles. The minimum absolute atomic E-state index is 0.433. The van der Waals surface area contributed by atoms with E-state index in [1.165, 1.54) is 66.1 Å². The van der Waals surface area contributed by atoms with Crippen molar-refractivity contribution in [1.29, 1.82) is 0 Å². The van der Waals surface area contributed by atoms with E-state index in [0.29, 0.717) is 11.2 Å². The molecular weight excluding hydrogens is 695 g/mol. The van der Waals surface area contributed by atoms with Gasteiger partial charge in [0.05, 0.1) is 0 Å². The minimum atomic E-state index is 0.433. The zero-order chi connectivity index (χ0) is 37.3. The van der Waals surface area contributed by atoms with Crippen molar-refractivity contribution in [3.05, 3.63) is 230 Å². The Balaban J connectivity index is 0.929. The molecule has 8 aromatic carbocycles. The van der Waals surface area contributed by atoms with Gasteiger partial charge in [-0.3, -0.25) is 0 Å². The van der Waals surface area contributed by atoms with E-state index in [4.69, 9.17) is 0 Å². The van der Waals surface area contributed by atoms with Gasteiger partial charge in [-0.05, 0) is 110 Å². The van der Waals surface area contributed by atoms with Gasteiger partial charge in [0.25, 0.3) is 0 Å². The summed E-state index contributed by atoms with van der Waals surface area (Å²) >= 11 is 1.99. The molecule has 0 saturated carbocycles. The van der Waals surface area contributed by atoms with Crippen LogP contribution in [0.5, 0.6) is 0 Å². The van der Waals surface area contributed by atoms with Crippen LogP contribution in [0.1, 0.15) is 11.5 Å². The summed E-state index contributed by atoms with van der Waals surface area (Å²) in [6, 6.07) is 72.7. The maximum Gasteiger partial charge on any atom is 0.0462 e. The van der Waals surface area contributed by atoms with Crippen molar-refractivity contribution >= 4 is 28.8 Å². The first kappa shape index (κ1) is 33.9. The largest absolute Gasteiger partial charge is 0.311 e. The van der Waals surface area contributed by atoms with Crippen molar-refractivity contribution in [2.45, 2.75) is 16.1 Å². The highest BCUT2D eigenvalue weighted by Gasteiger charge is 2.32. The van der Waals surface area contributed by atoms with E-state index in [0.717, 1.165) is 17.1 Å². The Morgan fingerprint density at radius 3 is 1.25 bits per heavy atom. The highest BCUT2D eigenvalue weighted by atomic mass is 32.2. The van der Waals surface area contributed by atoms with E-state index in [2.05, 4.69) is 229 Å². The highest BCUT2D eigenvalue weighted by molar-refractivity contribution is 8.00. The van der Waals surface area contributed by atoms with E-state index in [1.54, 1.807) is 0 Å². The lowest BCUT2D eigenvalue weighted by Crippen LogP contribution is -2.09. The Kier molecular flexibility index (Phi) is 9.03. The Morgan fingerprint density at radius 1 is 0.339 bits per heavy atom. The molecule has 2 atom stereocenters. The molecule has 0 bridgehead atoms. The summed E-state index contributed by atoms with van der Waals surface area (Å²) < 4.78 is 0. The van der Waals surface area contributed by atoms with Crippen LogP contribution in [-0.4, -0.2) is 5.25 Å². The van der Waals surface area contributed by atoms with Crippen LogP contribution >= 0.6 is 11.8 Å². The standard InChI is InChI=1S/C54H39NS/c1-4-12-38(13-5-1)39-20-22-40(23-21-39)42-28-32-47(33-29-42)55(46-16-8-3-9-17-46)48-34-30-43(31-35-48)41-24-26-45(27-25-41)51-37-54-52(49-18-10-11-19-53(49)56-54)36-50(51)44-14-6-2-7-15-44/h1-37,49,53H. The molecule has 0 spiro atoms. The van der Waals surface area contributed by atoms with Crippen molar-refractivity contribution in [1.82, 2.24) is 0 Å². The summed E-state index contributed by atoms with van der Waals surface area (Å²) in [5, 5.41) is 0.472. The second-order valence-corrected chi connectivity index (χ2v) is 15.7. The maximum atomic E-state index is 2.45. The summed E-state index contributed by atoms with van der Waals surface area (Å²) in [5.74, 6) is 0.433. The van der Waals surface area contributed by atoms with Gasteiger partial charge in [0.2, 0.25) is 0 Å². The number of anilines is 3. The molecule has 1 aliphatic heterocycles. The molecule has 0 radical (unpaired) electrons. The summed E-state index contributed by atoms with van der Waals surface area (Å²) in [6.45, 7) is 0. The SMILES string of the molecule is C1=CC2Sc3cc(-c4ccc(-c5ccc(N(c6ccccc6)c6ccc(-c7ccc(-c8ccccc8)cc7)cc6)cc5)cc4)c(-c4ccccc4)cc3C2C=C1. The summed E-state index contributed by atoms with van der Waals surface area (Å²) in [6.07, 6.45) is 9.09. The first-order valence-corrected chi connectivity index (χ1v) is 20.2. The van der Waals surface area contributed by atoms with Crippen molar-refractivity contribution in [2.75, 3.05) is 4.90 Å². The summed E-state index contributed by atoms with van der Waals surface area (Å²) in [7, 11) is 0. The molecule has 2 aliphatic rings. The van der Waals surface area contributed by atoms with Crippen molar-refractivity contribution in [3.8, 4) is 55.6 Å². The van der Waals surface area contributed by atoms with Crippen LogP contribution in [0.4, 0.5) is 17.1 Å². The molecule has 56 heavy (non-hydrogen) atoms. The van der Waals surface area contributed by atoms with Crippen molar-refractivity contribution in [2.24, 2.45) is 0 Å². The number of rotatable bonds is 8. The van der Waals surface area contributed by atoms with Gasteiger partial charge in [-0.1, -0.05) is 176 Å². The first-order valence-electron chi connectivity index (χ1n) is 19.3. The van der Waals surface area contributed by atoms with Crippen LogP contribution in [0.3, 0.4) is 0 Å². The second-order valence-electron chi connectivity index (χ2n) is 14.5. The number of hydrogen-bond donors (Lipinski definition) is 0. The molecule has 0 aromatic heterocycles. The Bertz CT molecular complexity index is 2660. The van der Waals surface area contributed by atoms with Crippen LogP contribution in [0.25, 0.3) is 55.6 Å². The van der Waals surface area contributed by atoms with Gasteiger partial charge >= 0.3 is 0 Å². The third-order valence-electron chi connectivity index (χ3n) is 11.1. The summed E-state index contributed by atoms with van der Waals surface area (Å²) in [4.78, 5) is 3.72. The topological polar surface area (TPSA) is 3.24 Å². The third-order valence-corrected chi connectivity index (χ3v) is 12.4. The fourth-order valence-electron chi connectivity index (χ4n) is 8.14. The number of thioether (sulfide) groups is 1. The van der Waals surface area contributed by atoms with Gasteiger partial charge in [0.15, 0.2) is 0 Å². The van der Waals surface area contributed by atoms with Gasteiger partial charge < -0.3 is 4.90 Å². The fourth-order valence-corrected chi connectivity index (χ4v) is 9.50. The Hall–Kier alpha value is -6.61. The Morgan fingerprint density at radius 2 is 0.714 bits per heavy atom. The van der Waals surface area contributed by atoms with Crippen LogP contribution in [0.2, 0.25) is 0 Å².